The molecule has 2 rings (SSSR count). The monoisotopic (exact) mass is 244 g/mol. The fourth-order valence-electron chi connectivity index (χ4n) is 2.26. The van der Waals surface area contributed by atoms with Gasteiger partial charge in [0.25, 0.3) is 0 Å². The van der Waals surface area contributed by atoms with Gasteiger partial charge in [0.05, 0.1) is 6.04 Å². The van der Waals surface area contributed by atoms with E-state index in [0.717, 1.165) is 11.1 Å². The Morgan fingerprint density at radius 1 is 1.28 bits per heavy atom. The zero-order chi connectivity index (χ0) is 13.3. The number of nitrogens with one attached hydrogen (secondary N) is 2. The number of carbonyl (C=O) groups is 2. The Balaban J connectivity index is 2.50. The first-order valence-corrected chi connectivity index (χ1v) is 5.85. The van der Waals surface area contributed by atoms with E-state index in [1.165, 1.54) is 6.92 Å². The summed E-state index contributed by atoms with van der Waals surface area (Å²) in [5.41, 5.74) is 3.26. The molecule has 0 aromatic heterocycles. The number of carbonyl (C=O) groups excluding carboxylic acids is 2. The van der Waals surface area contributed by atoms with Gasteiger partial charge in [-0.15, -0.1) is 0 Å². The van der Waals surface area contributed by atoms with E-state index in [2.05, 4.69) is 10.6 Å². The lowest BCUT2D eigenvalue weighted by Crippen LogP contribution is -2.44. The highest BCUT2D eigenvalue weighted by atomic mass is 16.2. The minimum absolute atomic E-state index is 0.0356. The van der Waals surface area contributed by atoms with Crippen LogP contribution in [-0.4, -0.2) is 11.8 Å². The number of ketones is 1. The molecule has 1 aliphatic heterocycles. The number of hydrogen-bond donors (Lipinski definition) is 2. The number of Topliss-reactive ketones (excluding diaryl/α,β-unsaturated/α-hetero) is 1. The second-order valence-electron chi connectivity index (χ2n) is 4.54. The van der Waals surface area contributed by atoms with E-state index in [-0.39, 0.29) is 17.9 Å². The minimum Gasteiger partial charge on any atom is -0.327 e. The van der Waals surface area contributed by atoms with Gasteiger partial charge in [0.15, 0.2) is 5.78 Å². The van der Waals surface area contributed by atoms with Gasteiger partial charge in [-0.2, -0.15) is 0 Å². The molecule has 2 N–H and O–H groups in total. The molecule has 0 aliphatic carbocycles. The van der Waals surface area contributed by atoms with Gasteiger partial charge >= 0.3 is 6.03 Å². The van der Waals surface area contributed by atoms with Crippen LogP contribution in [0.3, 0.4) is 0 Å². The number of aryl methyl sites for hydroxylation is 1. The standard InChI is InChI=1S/C14H16N2O2/c1-8-5-4-6-11(7-8)13-12(10(3)17)9(2)15-14(18)16-13/h4-7,13H,1-3H3,(H2,15,16,18). The molecule has 0 spiro atoms. The van der Waals surface area contributed by atoms with Crippen molar-refractivity contribution in [3.05, 3.63) is 46.7 Å². The maximum Gasteiger partial charge on any atom is 0.319 e. The van der Waals surface area contributed by atoms with E-state index in [0.29, 0.717) is 11.3 Å². The summed E-state index contributed by atoms with van der Waals surface area (Å²) >= 11 is 0. The highest BCUT2D eigenvalue weighted by Crippen LogP contribution is 2.27. The summed E-state index contributed by atoms with van der Waals surface area (Å²) in [4.78, 5) is 23.3. The Hall–Kier alpha value is -2.10. The predicted molar refractivity (Wildman–Crippen MR) is 69.0 cm³/mol. The third-order valence-electron chi connectivity index (χ3n) is 3.02. The van der Waals surface area contributed by atoms with E-state index in [4.69, 9.17) is 0 Å². The summed E-state index contributed by atoms with van der Waals surface area (Å²) in [6.45, 7) is 5.25. The van der Waals surface area contributed by atoms with Gasteiger partial charge in [0.2, 0.25) is 0 Å². The number of benzene rings is 1. The van der Waals surface area contributed by atoms with Gasteiger partial charge in [-0.25, -0.2) is 4.79 Å². The Labute approximate surface area is 106 Å². The summed E-state index contributed by atoms with van der Waals surface area (Å²) in [6.07, 6.45) is 0. The van der Waals surface area contributed by atoms with Crippen LogP contribution < -0.4 is 10.6 Å². The summed E-state index contributed by atoms with van der Waals surface area (Å²) in [7, 11) is 0. The topological polar surface area (TPSA) is 58.2 Å². The smallest absolute Gasteiger partial charge is 0.319 e. The Bertz CT molecular complexity index is 546. The van der Waals surface area contributed by atoms with Gasteiger partial charge in [-0.3, -0.25) is 4.79 Å². The zero-order valence-corrected chi connectivity index (χ0v) is 10.7. The molecule has 4 heteroatoms. The zero-order valence-electron chi connectivity index (χ0n) is 10.7. The van der Waals surface area contributed by atoms with Crippen molar-refractivity contribution >= 4 is 11.8 Å². The first-order chi connectivity index (χ1) is 8.49. The molecule has 0 saturated heterocycles. The van der Waals surface area contributed by atoms with E-state index < -0.39 is 0 Å². The molecule has 0 bridgehead atoms. The number of rotatable bonds is 2. The van der Waals surface area contributed by atoms with Crippen LogP contribution in [0.1, 0.15) is 31.0 Å². The molecule has 1 aromatic carbocycles. The van der Waals surface area contributed by atoms with E-state index >= 15 is 0 Å². The van der Waals surface area contributed by atoms with Crippen molar-refractivity contribution in [2.75, 3.05) is 0 Å². The van der Waals surface area contributed by atoms with Crippen molar-refractivity contribution in [1.82, 2.24) is 10.6 Å². The lowest BCUT2D eigenvalue weighted by atomic mass is 9.92. The van der Waals surface area contributed by atoms with Crippen LogP contribution in [0.15, 0.2) is 35.5 Å². The fourth-order valence-corrected chi connectivity index (χ4v) is 2.26. The van der Waals surface area contributed by atoms with Crippen LogP contribution in [0.2, 0.25) is 0 Å². The van der Waals surface area contributed by atoms with Crippen LogP contribution in [-0.2, 0) is 4.79 Å². The first-order valence-electron chi connectivity index (χ1n) is 5.85. The number of urea groups is 1. The molecule has 4 nitrogen and oxygen atoms in total. The normalized spacial score (nSPS) is 19.3. The third kappa shape index (κ3) is 2.27. The molecular weight excluding hydrogens is 228 g/mol. The Morgan fingerprint density at radius 2 is 2.00 bits per heavy atom. The SMILES string of the molecule is CC(=O)C1=C(C)NC(=O)NC1c1cccc(C)c1. The summed E-state index contributed by atoms with van der Waals surface area (Å²) in [6, 6.07) is 7.16. The maximum atomic E-state index is 11.7. The molecule has 0 fully saturated rings. The summed E-state index contributed by atoms with van der Waals surface area (Å²) in [5.74, 6) is -0.0356. The van der Waals surface area contributed by atoms with Gasteiger partial charge in [-0.1, -0.05) is 29.8 Å². The molecule has 1 atom stereocenters. The van der Waals surface area contributed by atoms with Crippen LogP contribution in [0.5, 0.6) is 0 Å². The maximum absolute atomic E-state index is 11.7. The average molecular weight is 244 g/mol. The van der Waals surface area contributed by atoms with Gasteiger partial charge in [-0.05, 0) is 26.3 Å². The molecule has 1 aliphatic rings. The lowest BCUT2D eigenvalue weighted by Gasteiger charge is -2.28. The van der Waals surface area contributed by atoms with Crippen molar-refractivity contribution in [2.24, 2.45) is 0 Å². The molecular formula is C14H16N2O2. The number of allylic oxidation sites excluding steroid dienone is 1. The second-order valence-corrected chi connectivity index (χ2v) is 4.54. The highest BCUT2D eigenvalue weighted by molar-refractivity contribution is 5.98. The quantitative estimate of drug-likeness (QED) is 0.838. The molecule has 1 aromatic rings. The molecule has 1 unspecified atom stereocenters. The van der Waals surface area contributed by atoms with Crippen molar-refractivity contribution in [3.8, 4) is 0 Å². The average Bonchev–Trinajstić information content (AvgIpc) is 2.27. The minimum atomic E-state index is -0.365. The Morgan fingerprint density at radius 3 is 2.61 bits per heavy atom. The van der Waals surface area contributed by atoms with E-state index in [1.54, 1.807) is 6.92 Å². The van der Waals surface area contributed by atoms with Crippen molar-refractivity contribution in [1.29, 1.82) is 0 Å². The molecule has 0 saturated carbocycles. The molecule has 0 radical (unpaired) electrons. The summed E-state index contributed by atoms with van der Waals surface area (Å²) in [5, 5.41) is 5.43. The predicted octanol–water partition coefficient (Wildman–Crippen LogP) is 2.21. The highest BCUT2D eigenvalue weighted by Gasteiger charge is 2.28. The van der Waals surface area contributed by atoms with E-state index in [1.807, 2.05) is 31.2 Å². The molecule has 2 amide bonds. The van der Waals surface area contributed by atoms with Crippen molar-refractivity contribution in [3.63, 3.8) is 0 Å². The van der Waals surface area contributed by atoms with Crippen LogP contribution in [0, 0.1) is 6.92 Å². The molecule has 18 heavy (non-hydrogen) atoms. The molecule has 1 heterocycles. The lowest BCUT2D eigenvalue weighted by molar-refractivity contribution is -0.114. The summed E-state index contributed by atoms with van der Waals surface area (Å²) < 4.78 is 0. The first kappa shape index (κ1) is 12.4. The molecule has 94 valence electrons. The van der Waals surface area contributed by atoms with Gasteiger partial charge in [0, 0.05) is 11.3 Å². The van der Waals surface area contributed by atoms with Crippen LogP contribution in [0.25, 0.3) is 0 Å². The van der Waals surface area contributed by atoms with Crippen molar-refractivity contribution in [2.45, 2.75) is 26.8 Å². The second kappa shape index (κ2) is 4.64. The Kier molecular flexibility index (Phi) is 3.19. The van der Waals surface area contributed by atoms with Crippen LogP contribution >= 0.6 is 0 Å². The third-order valence-corrected chi connectivity index (χ3v) is 3.02. The fraction of sp³-hybridized carbons (Fsp3) is 0.286. The number of amides is 2. The van der Waals surface area contributed by atoms with Crippen molar-refractivity contribution < 1.29 is 9.59 Å². The van der Waals surface area contributed by atoms with E-state index in [9.17, 15) is 9.59 Å². The van der Waals surface area contributed by atoms with Gasteiger partial charge in [0.1, 0.15) is 0 Å². The number of hydrogen-bond acceptors (Lipinski definition) is 2. The van der Waals surface area contributed by atoms with Crippen LogP contribution in [0.4, 0.5) is 4.79 Å². The largest absolute Gasteiger partial charge is 0.327 e. The van der Waals surface area contributed by atoms with Gasteiger partial charge < -0.3 is 10.6 Å².